The third-order valence-electron chi connectivity index (χ3n) is 12.5. The average Bonchev–Trinajstić information content (AvgIpc) is 3.24. The summed E-state index contributed by atoms with van der Waals surface area (Å²) in [7, 11) is 0. The number of rotatable bonds is 49. The van der Waals surface area contributed by atoms with Gasteiger partial charge in [0.2, 0.25) is 5.91 Å². The first-order chi connectivity index (χ1) is 29.1. The minimum Gasteiger partial charge on any atom is -0.394 e. The Balaban J connectivity index is 3.61. The summed E-state index contributed by atoms with van der Waals surface area (Å²) in [5.41, 5.74) is 0. The van der Waals surface area contributed by atoms with Gasteiger partial charge in [0, 0.05) is 0 Å². The van der Waals surface area contributed by atoms with Crippen LogP contribution in [0.1, 0.15) is 290 Å². The maximum atomic E-state index is 12.5. The quantitative estimate of drug-likeness (QED) is 0.0363. The molecule has 0 aliphatic rings. The fourth-order valence-electron chi connectivity index (χ4n) is 8.38. The first-order valence-corrected chi connectivity index (χ1v) is 26.7. The predicted molar refractivity (Wildman–Crippen MR) is 259 cm³/mol. The van der Waals surface area contributed by atoms with E-state index in [0.29, 0.717) is 6.42 Å². The fraction of sp³-hybridized carbons (Fsp3) is 0.907. The smallest absolute Gasteiger partial charge is 0.249 e. The molecule has 59 heavy (non-hydrogen) atoms. The van der Waals surface area contributed by atoms with Crippen molar-refractivity contribution >= 4 is 5.91 Å². The SMILES string of the molecule is CCCCCCCCCCCCCCCCCCCCC/C=C/CC/C=C/C(O)C(CO)NC(=O)C(O)CCCCCCCCCCCCCCCCCCCCCC. The van der Waals surface area contributed by atoms with E-state index in [1.807, 2.05) is 6.08 Å². The lowest BCUT2D eigenvalue weighted by atomic mass is 10.0. The molecule has 0 rings (SSSR count). The van der Waals surface area contributed by atoms with Crippen molar-refractivity contribution in [2.45, 2.75) is 308 Å². The van der Waals surface area contributed by atoms with E-state index in [1.54, 1.807) is 6.08 Å². The molecule has 4 N–H and O–H groups in total. The zero-order valence-electron chi connectivity index (χ0n) is 39.9. The Kier molecular flexibility index (Phi) is 48.5. The van der Waals surface area contributed by atoms with Crippen LogP contribution >= 0.6 is 0 Å². The molecular formula is C54H105NO4. The van der Waals surface area contributed by atoms with Crippen molar-refractivity contribution in [2.75, 3.05) is 6.61 Å². The molecule has 0 radical (unpaired) electrons. The topological polar surface area (TPSA) is 89.8 Å². The number of amides is 1. The van der Waals surface area contributed by atoms with Gasteiger partial charge in [-0.15, -0.1) is 0 Å². The maximum absolute atomic E-state index is 12.5. The summed E-state index contributed by atoms with van der Waals surface area (Å²) in [6.07, 6.45) is 62.5. The van der Waals surface area contributed by atoms with Crippen molar-refractivity contribution in [1.82, 2.24) is 5.32 Å². The first-order valence-electron chi connectivity index (χ1n) is 26.7. The van der Waals surface area contributed by atoms with Crippen LogP contribution in [0.25, 0.3) is 0 Å². The number of hydrogen-bond donors (Lipinski definition) is 4. The van der Waals surface area contributed by atoms with Gasteiger partial charge >= 0.3 is 0 Å². The van der Waals surface area contributed by atoms with Crippen LogP contribution < -0.4 is 5.32 Å². The average molecular weight is 832 g/mol. The summed E-state index contributed by atoms with van der Waals surface area (Å²) >= 11 is 0. The molecule has 350 valence electrons. The van der Waals surface area contributed by atoms with Crippen molar-refractivity contribution in [3.8, 4) is 0 Å². The number of carbonyl (C=O) groups is 1. The molecule has 0 aliphatic heterocycles. The van der Waals surface area contributed by atoms with E-state index in [9.17, 15) is 20.1 Å². The summed E-state index contributed by atoms with van der Waals surface area (Å²) in [5.74, 6) is -0.507. The van der Waals surface area contributed by atoms with E-state index in [1.165, 1.54) is 231 Å². The maximum Gasteiger partial charge on any atom is 0.249 e. The van der Waals surface area contributed by atoms with Crippen LogP contribution in [-0.2, 0) is 4.79 Å². The molecule has 3 atom stereocenters. The standard InChI is InChI=1S/C54H105NO4/c1-3-5-7-9-11-13-15-17-19-21-23-25-26-27-28-29-31-32-34-36-38-40-42-44-46-48-52(57)51(50-56)55-54(59)53(58)49-47-45-43-41-39-37-35-33-30-24-22-20-18-16-14-12-10-8-6-4-2/h38,40,46,48,51-53,56-58H,3-37,39,41-45,47,49-50H2,1-2H3,(H,55,59)/b40-38+,48-46+. The lowest BCUT2D eigenvalue weighted by Crippen LogP contribution is -2.48. The third kappa shape index (κ3) is 44.7. The Labute approximate surface area is 369 Å². The van der Waals surface area contributed by atoms with Crippen molar-refractivity contribution in [1.29, 1.82) is 0 Å². The Bertz CT molecular complexity index is 874. The largest absolute Gasteiger partial charge is 0.394 e. The highest BCUT2D eigenvalue weighted by atomic mass is 16.3. The molecule has 0 saturated heterocycles. The van der Waals surface area contributed by atoms with Crippen LogP contribution in [0.2, 0.25) is 0 Å². The number of aliphatic hydroxyl groups is 3. The highest BCUT2D eigenvalue weighted by Crippen LogP contribution is 2.17. The monoisotopic (exact) mass is 832 g/mol. The number of hydrogen-bond acceptors (Lipinski definition) is 4. The van der Waals surface area contributed by atoms with Crippen molar-refractivity contribution < 1.29 is 20.1 Å². The highest BCUT2D eigenvalue weighted by Gasteiger charge is 2.22. The number of aliphatic hydroxyl groups excluding tert-OH is 3. The van der Waals surface area contributed by atoms with E-state index < -0.39 is 24.2 Å². The molecule has 0 fully saturated rings. The van der Waals surface area contributed by atoms with Gasteiger partial charge in [0.1, 0.15) is 6.10 Å². The second-order valence-electron chi connectivity index (χ2n) is 18.4. The molecule has 0 saturated carbocycles. The molecular weight excluding hydrogens is 727 g/mol. The predicted octanol–water partition coefficient (Wildman–Crippen LogP) is 16.1. The summed E-state index contributed by atoms with van der Waals surface area (Å²) in [5, 5.41) is 33.3. The molecule has 0 spiro atoms. The van der Waals surface area contributed by atoms with Crippen LogP contribution in [-0.4, -0.2) is 46.1 Å². The van der Waals surface area contributed by atoms with Gasteiger partial charge in [-0.25, -0.2) is 0 Å². The zero-order valence-corrected chi connectivity index (χ0v) is 39.9. The molecule has 0 aromatic heterocycles. The molecule has 0 heterocycles. The van der Waals surface area contributed by atoms with E-state index in [-0.39, 0.29) is 6.61 Å². The van der Waals surface area contributed by atoms with Gasteiger partial charge in [0.25, 0.3) is 0 Å². The first kappa shape index (κ1) is 57.8. The van der Waals surface area contributed by atoms with Crippen LogP contribution in [0, 0.1) is 0 Å². The number of carbonyl (C=O) groups excluding carboxylic acids is 1. The molecule has 5 nitrogen and oxygen atoms in total. The van der Waals surface area contributed by atoms with Gasteiger partial charge in [0.15, 0.2) is 0 Å². The Morgan fingerprint density at radius 1 is 0.407 bits per heavy atom. The Hall–Kier alpha value is -1.17. The van der Waals surface area contributed by atoms with Gasteiger partial charge in [0.05, 0.1) is 18.8 Å². The van der Waals surface area contributed by atoms with Gasteiger partial charge in [-0.3, -0.25) is 4.79 Å². The molecule has 0 aromatic rings. The number of unbranched alkanes of at least 4 members (excludes halogenated alkanes) is 39. The van der Waals surface area contributed by atoms with Crippen LogP contribution in [0.4, 0.5) is 0 Å². The van der Waals surface area contributed by atoms with E-state index in [0.717, 1.165) is 38.5 Å². The van der Waals surface area contributed by atoms with Gasteiger partial charge in [-0.05, 0) is 32.1 Å². The fourth-order valence-corrected chi connectivity index (χ4v) is 8.38. The Morgan fingerprint density at radius 3 is 1.03 bits per heavy atom. The summed E-state index contributed by atoms with van der Waals surface area (Å²) in [4.78, 5) is 12.5. The van der Waals surface area contributed by atoms with Crippen LogP contribution in [0.3, 0.4) is 0 Å². The second-order valence-corrected chi connectivity index (χ2v) is 18.4. The van der Waals surface area contributed by atoms with E-state index >= 15 is 0 Å². The minimum atomic E-state index is -1.10. The Morgan fingerprint density at radius 2 is 0.695 bits per heavy atom. The zero-order chi connectivity index (χ0) is 43.0. The number of nitrogens with one attached hydrogen (secondary N) is 1. The molecule has 5 heteroatoms. The van der Waals surface area contributed by atoms with Crippen molar-refractivity contribution in [3.05, 3.63) is 24.3 Å². The van der Waals surface area contributed by atoms with E-state index in [4.69, 9.17) is 0 Å². The third-order valence-corrected chi connectivity index (χ3v) is 12.5. The van der Waals surface area contributed by atoms with Crippen molar-refractivity contribution in [3.63, 3.8) is 0 Å². The molecule has 1 amide bonds. The van der Waals surface area contributed by atoms with Crippen LogP contribution in [0.15, 0.2) is 24.3 Å². The lowest BCUT2D eigenvalue weighted by Gasteiger charge is -2.21. The highest BCUT2D eigenvalue weighted by molar-refractivity contribution is 5.80. The normalized spacial score (nSPS) is 13.5. The van der Waals surface area contributed by atoms with Gasteiger partial charge in [-0.2, -0.15) is 0 Å². The number of allylic oxidation sites excluding steroid dienone is 3. The van der Waals surface area contributed by atoms with Gasteiger partial charge < -0.3 is 20.6 Å². The minimum absolute atomic E-state index is 0.372. The van der Waals surface area contributed by atoms with Crippen LogP contribution in [0.5, 0.6) is 0 Å². The molecule has 3 unspecified atom stereocenters. The molecule has 0 aliphatic carbocycles. The summed E-state index contributed by atoms with van der Waals surface area (Å²) < 4.78 is 0. The molecule has 0 bridgehead atoms. The summed E-state index contributed by atoms with van der Waals surface area (Å²) in [6.45, 7) is 4.21. The van der Waals surface area contributed by atoms with Gasteiger partial charge in [-0.1, -0.05) is 282 Å². The second kappa shape index (κ2) is 49.5. The van der Waals surface area contributed by atoms with Crippen molar-refractivity contribution in [2.24, 2.45) is 0 Å². The molecule has 0 aromatic carbocycles. The van der Waals surface area contributed by atoms with E-state index in [2.05, 4.69) is 31.3 Å². The summed E-state index contributed by atoms with van der Waals surface area (Å²) in [6, 6.07) is -0.812. The lowest BCUT2D eigenvalue weighted by molar-refractivity contribution is -0.131.